The maximum absolute atomic E-state index is 2.36. The van der Waals surface area contributed by atoms with E-state index in [-0.39, 0.29) is 5.48 Å². The van der Waals surface area contributed by atoms with Crippen molar-refractivity contribution in [2.24, 2.45) is 0 Å². The minimum absolute atomic E-state index is 0. The third kappa shape index (κ3) is 225. The van der Waals surface area contributed by atoms with Gasteiger partial charge in [-0.15, -0.1) is 0 Å². The van der Waals surface area contributed by atoms with Gasteiger partial charge in [0.25, 0.3) is 0 Å². The Morgan fingerprint density at radius 3 is 0.556 bits per heavy atom. The van der Waals surface area contributed by atoms with Crippen molar-refractivity contribution in [3.8, 4) is 0 Å². The first-order valence-electron chi connectivity index (χ1n) is 3.00. The van der Waals surface area contributed by atoms with Gasteiger partial charge in [-0.1, -0.05) is 0 Å². The summed E-state index contributed by atoms with van der Waals surface area (Å²) in [6, 6.07) is 0. The molecule has 0 aromatic rings. The Morgan fingerprint density at radius 2 is 0.556 bits per heavy atom. The van der Waals surface area contributed by atoms with Gasteiger partial charge in [0.15, 0.2) is 0 Å². The van der Waals surface area contributed by atoms with Gasteiger partial charge in [-0.25, -0.2) is 0 Å². The SMILES string of the molecule is [CH3][Sn+]([CH3])[CH3].[CH3][Sn+]([CH3])[CH3].[O-2]. The topological polar surface area (TPSA) is 28.5 Å². The predicted octanol–water partition coefficient (Wildman–Crippen LogP) is 2.62. The van der Waals surface area contributed by atoms with Crippen molar-refractivity contribution in [3.05, 3.63) is 0 Å². The van der Waals surface area contributed by atoms with Crippen molar-refractivity contribution in [1.29, 1.82) is 0 Å². The second-order valence-corrected chi connectivity index (χ2v) is 20.1. The monoisotopic (exact) mass is 346 g/mol. The van der Waals surface area contributed by atoms with Gasteiger partial charge >= 0.3 is 69.2 Å². The Kier molecular flexibility index (Phi) is 23.0. The van der Waals surface area contributed by atoms with Gasteiger partial charge in [0.1, 0.15) is 0 Å². The van der Waals surface area contributed by atoms with E-state index in [0.29, 0.717) is 0 Å². The summed E-state index contributed by atoms with van der Waals surface area (Å²) in [6.07, 6.45) is 0. The van der Waals surface area contributed by atoms with E-state index in [1.165, 1.54) is 0 Å². The molecule has 0 fully saturated rings. The van der Waals surface area contributed by atoms with Crippen molar-refractivity contribution in [3.63, 3.8) is 0 Å². The average Bonchev–Trinajstić information content (AvgIpc) is 1.25. The van der Waals surface area contributed by atoms with Crippen LogP contribution in [0, 0.1) is 0 Å². The van der Waals surface area contributed by atoms with Gasteiger partial charge in [-0.2, -0.15) is 0 Å². The molecule has 0 heterocycles. The maximum Gasteiger partial charge on any atom is -2.00 e. The first-order chi connectivity index (χ1) is 3.46. The van der Waals surface area contributed by atoms with E-state index in [1.54, 1.807) is 0 Å². The quantitative estimate of drug-likeness (QED) is 0.605. The Hall–Kier alpha value is 1.56. The third-order valence-electron chi connectivity index (χ3n) is 0. The largest absolute Gasteiger partial charge is 2.00 e. The van der Waals surface area contributed by atoms with Crippen LogP contribution in [0.4, 0.5) is 0 Å². The van der Waals surface area contributed by atoms with E-state index in [1.807, 2.05) is 0 Å². The molecule has 0 radical (unpaired) electrons. The van der Waals surface area contributed by atoms with E-state index >= 15 is 0 Å². The molecule has 3 heteroatoms. The van der Waals surface area contributed by atoms with Gasteiger partial charge < -0.3 is 5.48 Å². The second-order valence-electron chi connectivity index (χ2n) is 3.00. The molecule has 1 nitrogen and oxygen atoms in total. The zero-order valence-corrected chi connectivity index (χ0v) is 13.1. The molecule has 0 aromatic heterocycles. The molecule has 0 bridgehead atoms. The smallest absolute Gasteiger partial charge is 2.00 e. The maximum atomic E-state index is 2.36. The van der Waals surface area contributed by atoms with Crippen LogP contribution < -0.4 is 0 Å². The van der Waals surface area contributed by atoms with Crippen LogP contribution in [0.25, 0.3) is 0 Å². The number of rotatable bonds is 0. The van der Waals surface area contributed by atoms with Gasteiger partial charge in [-0.05, 0) is 0 Å². The molecule has 0 aliphatic rings. The molecule has 0 saturated heterocycles. The summed E-state index contributed by atoms with van der Waals surface area (Å²) in [6.45, 7) is 0. The molecule has 0 amide bonds. The molecule has 0 aromatic carbocycles. The van der Waals surface area contributed by atoms with Crippen LogP contribution in [0.1, 0.15) is 0 Å². The summed E-state index contributed by atoms with van der Waals surface area (Å²) < 4.78 is 0. The van der Waals surface area contributed by atoms with Crippen LogP contribution in [0.2, 0.25) is 29.6 Å². The van der Waals surface area contributed by atoms with Crippen molar-refractivity contribution < 1.29 is 5.48 Å². The molecule has 0 aliphatic heterocycles. The first kappa shape index (κ1) is 16.9. The van der Waals surface area contributed by atoms with Gasteiger partial charge in [0.2, 0.25) is 0 Å². The molecule has 0 saturated carbocycles. The third-order valence-corrected chi connectivity index (χ3v) is 0. The fourth-order valence-corrected chi connectivity index (χ4v) is 0. The summed E-state index contributed by atoms with van der Waals surface area (Å²) in [4.78, 5) is 14.2. The zero-order valence-electron chi connectivity index (χ0n) is 7.41. The first-order valence-corrected chi connectivity index (χ1v) is 20.1. The average molecular weight is 344 g/mol. The van der Waals surface area contributed by atoms with Crippen LogP contribution in [0.5, 0.6) is 0 Å². The summed E-state index contributed by atoms with van der Waals surface area (Å²) in [5, 5.41) is 0. The van der Waals surface area contributed by atoms with Crippen LogP contribution in [0.15, 0.2) is 0 Å². The summed E-state index contributed by atoms with van der Waals surface area (Å²) >= 11 is -1.09. The Morgan fingerprint density at radius 1 is 0.556 bits per heavy atom. The fourth-order valence-electron chi connectivity index (χ4n) is 0. The summed E-state index contributed by atoms with van der Waals surface area (Å²) in [5.74, 6) is 0. The molecule has 56 valence electrons. The van der Waals surface area contributed by atoms with E-state index in [0.717, 1.165) is 0 Å². The molecule has 9 heavy (non-hydrogen) atoms. The van der Waals surface area contributed by atoms with Crippen molar-refractivity contribution in [2.45, 2.75) is 29.6 Å². The molecule has 0 N–H and O–H groups in total. The van der Waals surface area contributed by atoms with E-state index < -0.39 is 39.5 Å². The Balaban J connectivity index is -0.0000000720. The van der Waals surface area contributed by atoms with Crippen LogP contribution >= 0.6 is 0 Å². The minimum Gasteiger partial charge on any atom is -2.00 e. The molecule has 0 unspecified atom stereocenters. The molecule has 0 atom stereocenters. The fraction of sp³-hybridized carbons (Fsp3) is 1.00. The van der Waals surface area contributed by atoms with Gasteiger partial charge in [0.05, 0.1) is 0 Å². The molecular formula is C6H18OSn2. The van der Waals surface area contributed by atoms with Gasteiger partial charge in [0, 0.05) is 0 Å². The molecule has 0 aliphatic carbocycles. The van der Waals surface area contributed by atoms with E-state index in [9.17, 15) is 0 Å². The number of hydrogen-bond donors (Lipinski definition) is 0. The van der Waals surface area contributed by atoms with Crippen molar-refractivity contribution >= 4 is 39.5 Å². The summed E-state index contributed by atoms with van der Waals surface area (Å²) in [7, 11) is 0. The van der Waals surface area contributed by atoms with Crippen molar-refractivity contribution in [1.82, 2.24) is 0 Å². The minimum atomic E-state index is -0.543. The standard InChI is InChI=1S/6CH3.O.2Sn/h6*1H3;;;/q;;;;;;-2;2*+1. The Labute approximate surface area is 74.0 Å². The van der Waals surface area contributed by atoms with Crippen LogP contribution in [-0.2, 0) is 5.48 Å². The zero-order chi connectivity index (χ0) is 7.15. The second kappa shape index (κ2) is 12.3. The molecular weight excluding hydrogens is 325 g/mol. The predicted molar refractivity (Wildman–Crippen MR) is 47.4 cm³/mol. The summed E-state index contributed by atoms with van der Waals surface area (Å²) in [5.41, 5.74) is 0. The molecule has 0 spiro atoms. The van der Waals surface area contributed by atoms with Crippen LogP contribution in [-0.4, -0.2) is 39.5 Å². The van der Waals surface area contributed by atoms with Gasteiger partial charge in [-0.3, -0.25) is 0 Å². The van der Waals surface area contributed by atoms with Crippen LogP contribution in [0.3, 0.4) is 0 Å². The van der Waals surface area contributed by atoms with E-state index in [4.69, 9.17) is 0 Å². The normalized spacial score (nSPS) is 6.00. The van der Waals surface area contributed by atoms with E-state index in [2.05, 4.69) is 29.6 Å². The Bertz CT molecular complexity index is 26.5. The number of hydrogen-bond acceptors (Lipinski definition) is 0. The van der Waals surface area contributed by atoms with Crippen molar-refractivity contribution in [2.75, 3.05) is 0 Å². The molecule has 0 rings (SSSR count).